The van der Waals surface area contributed by atoms with Gasteiger partial charge < -0.3 is 20.9 Å². The highest BCUT2D eigenvalue weighted by atomic mass is 16.2. The fourth-order valence-corrected chi connectivity index (χ4v) is 5.34. The van der Waals surface area contributed by atoms with E-state index < -0.39 is 11.6 Å². The highest BCUT2D eigenvalue weighted by Crippen LogP contribution is 2.33. The van der Waals surface area contributed by atoms with Crippen LogP contribution in [0.1, 0.15) is 51.2 Å². The lowest BCUT2D eigenvalue weighted by molar-refractivity contribution is -0.139. The molecule has 2 atom stereocenters. The molecule has 0 aliphatic carbocycles. The summed E-state index contributed by atoms with van der Waals surface area (Å²) in [5.41, 5.74) is 8.79. The van der Waals surface area contributed by atoms with Crippen LogP contribution in [-0.4, -0.2) is 46.4 Å². The number of piperidine rings is 1. The van der Waals surface area contributed by atoms with Crippen molar-refractivity contribution in [2.24, 2.45) is 11.1 Å². The van der Waals surface area contributed by atoms with E-state index in [9.17, 15) is 9.59 Å². The molecule has 2 amide bonds. The first-order valence-corrected chi connectivity index (χ1v) is 12.6. The molecule has 0 saturated carbocycles. The number of carbonyl (C=O) groups excluding carboxylic acids is 2. The molecule has 1 aliphatic rings. The van der Waals surface area contributed by atoms with E-state index in [1.165, 1.54) is 5.56 Å². The molecule has 35 heavy (non-hydrogen) atoms. The number of para-hydroxylation sites is 1. The first-order valence-electron chi connectivity index (χ1n) is 12.6. The molecular weight excluding hydrogens is 436 g/mol. The van der Waals surface area contributed by atoms with Crippen LogP contribution >= 0.6 is 0 Å². The van der Waals surface area contributed by atoms with Crippen molar-refractivity contribution < 1.29 is 9.59 Å². The van der Waals surface area contributed by atoms with E-state index in [0.29, 0.717) is 19.5 Å². The first-order chi connectivity index (χ1) is 16.6. The monoisotopic (exact) mass is 474 g/mol. The van der Waals surface area contributed by atoms with Gasteiger partial charge in [-0.15, -0.1) is 0 Å². The zero-order valence-electron chi connectivity index (χ0n) is 21.1. The molecule has 1 saturated heterocycles. The second-order valence-electron chi connectivity index (χ2n) is 11.2. The molecule has 6 nitrogen and oxygen atoms in total. The van der Waals surface area contributed by atoms with Crippen LogP contribution in [-0.2, 0) is 22.4 Å². The topological polar surface area (TPSA) is 91.2 Å². The molecule has 4 N–H and O–H groups in total. The van der Waals surface area contributed by atoms with E-state index in [1.54, 1.807) is 0 Å². The second kappa shape index (κ2) is 10.2. The SMILES string of the molecule is CC(C)(N)CC(=O)N[C@H](Cc1c[nH]c2ccccc12)C(=O)N1CCC[C@](C)(Cc2ccccc2)C1. The molecule has 0 spiro atoms. The molecular formula is C29H38N4O2. The number of H-pyrrole nitrogens is 1. The van der Waals surface area contributed by atoms with Crippen molar-refractivity contribution in [3.63, 3.8) is 0 Å². The van der Waals surface area contributed by atoms with Crippen molar-refractivity contribution in [1.29, 1.82) is 0 Å². The third kappa shape index (κ3) is 6.51. The molecule has 1 aromatic heterocycles. The molecule has 2 heterocycles. The number of nitrogens with two attached hydrogens (primary N) is 1. The van der Waals surface area contributed by atoms with Crippen molar-refractivity contribution in [2.45, 2.75) is 64.5 Å². The molecule has 2 aromatic carbocycles. The lowest BCUT2D eigenvalue weighted by atomic mass is 9.76. The number of hydrogen-bond acceptors (Lipinski definition) is 3. The summed E-state index contributed by atoms with van der Waals surface area (Å²) in [5, 5.41) is 4.10. The lowest BCUT2D eigenvalue weighted by Crippen LogP contribution is -2.55. The number of carbonyl (C=O) groups is 2. The Bertz CT molecular complexity index is 1160. The Morgan fingerprint density at radius 3 is 2.60 bits per heavy atom. The van der Waals surface area contributed by atoms with Crippen molar-refractivity contribution in [2.75, 3.05) is 13.1 Å². The Balaban J connectivity index is 1.54. The number of nitrogens with one attached hydrogen (secondary N) is 2. The summed E-state index contributed by atoms with van der Waals surface area (Å²) >= 11 is 0. The maximum absolute atomic E-state index is 13.9. The number of aromatic amines is 1. The highest BCUT2D eigenvalue weighted by Gasteiger charge is 2.36. The van der Waals surface area contributed by atoms with Gasteiger partial charge in [-0.25, -0.2) is 0 Å². The Morgan fingerprint density at radius 2 is 1.86 bits per heavy atom. The number of benzene rings is 2. The Hall–Kier alpha value is -3.12. The van der Waals surface area contributed by atoms with E-state index in [4.69, 9.17) is 5.73 Å². The van der Waals surface area contributed by atoms with Crippen molar-refractivity contribution >= 4 is 22.7 Å². The summed E-state index contributed by atoms with van der Waals surface area (Å²) in [6, 6.07) is 17.9. The van der Waals surface area contributed by atoms with E-state index in [2.05, 4.69) is 41.5 Å². The average Bonchev–Trinajstić information content (AvgIpc) is 3.20. The van der Waals surface area contributed by atoms with Crippen LogP contribution in [0.3, 0.4) is 0 Å². The van der Waals surface area contributed by atoms with E-state index in [0.717, 1.165) is 35.7 Å². The smallest absolute Gasteiger partial charge is 0.245 e. The molecule has 1 aliphatic heterocycles. The molecule has 6 heteroatoms. The fourth-order valence-electron chi connectivity index (χ4n) is 5.34. The van der Waals surface area contributed by atoms with E-state index in [-0.39, 0.29) is 23.7 Å². The van der Waals surface area contributed by atoms with E-state index in [1.807, 2.05) is 55.3 Å². The van der Waals surface area contributed by atoms with Crippen LogP contribution in [0, 0.1) is 5.41 Å². The largest absolute Gasteiger partial charge is 0.361 e. The predicted molar refractivity (Wildman–Crippen MR) is 141 cm³/mol. The lowest BCUT2D eigenvalue weighted by Gasteiger charge is -2.42. The second-order valence-corrected chi connectivity index (χ2v) is 11.2. The number of nitrogens with zero attached hydrogens (tertiary/aromatic N) is 1. The van der Waals surface area contributed by atoms with Crippen LogP contribution in [0.2, 0.25) is 0 Å². The molecule has 0 unspecified atom stereocenters. The number of aromatic nitrogens is 1. The van der Waals surface area contributed by atoms with Gasteiger partial charge in [0.1, 0.15) is 6.04 Å². The van der Waals surface area contributed by atoms with Crippen LogP contribution in [0.15, 0.2) is 60.8 Å². The molecule has 1 fully saturated rings. The third-order valence-electron chi connectivity index (χ3n) is 6.91. The summed E-state index contributed by atoms with van der Waals surface area (Å²) in [5.74, 6) is -0.211. The van der Waals surface area contributed by atoms with Gasteiger partial charge in [0.25, 0.3) is 0 Å². The molecule has 0 radical (unpaired) electrons. The number of likely N-dealkylation sites (tertiary alicyclic amines) is 1. The minimum absolute atomic E-state index is 0.00382. The first kappa shape index (κ1) is 25.0. The summed E-state index contributed by atoms with van der Waals surface area (Å²) in [4.78, 5) is 32.0. The van der Waals surface area contributed by atoms with Crippen LogP contribution < -0.4 is 11.1 Å². The van der Waals surface area contributed by atoms with Crippen molar-refractivity contribution in [1.82, 2.24) is 15.2 Å². The highest BCUT2D eigenvalue weighted by molar-refractivity contribution is 5.90. The molecule has 186 valence electrons. The standard InChI is InChI=1S/C29H38N4O2/c1-28(2,30)18-26(34)32-25(16-22-19-31-24-13-8-7-12-23(22)24)27(35)33-15-9-14-29(3,20-33)17-21-10-5-4-6-11-21/h4-8,10-13,19,25,31H,9,14-18,20,30H2,1-3H3,(H,32,34)/t25-,29-/m1/s1. The number of fused-ring (bicyclic) bond motifs is 1. The van der Waals surface area contributed by atoms with Gasteiger partial charge in [0, 0.05) is 48.6 Å². The van der Waals surface area contributed by atoms with Gasteiger partial charge in [-0.2, -0.15) is 0 Å². The Labute approximate surface area is 208 Å². The van der Waals surface area contributed by atoms with Gasteiger partial charge in [-0.3, -0.25) is 9.59 Å². The number of rotatable bonds is 8. The summed E-state index contributed by atoms with van der Waals surface area (Å²) < 4.78 is 0. The van der Waals surface area contributed by atoms with Crippen LogP contribution in [0.25, 0.3) is 10.9 Å². The van der Waals surface area contributed by atoms with Gasteiger partial charge in [-0.05, 0) is 55.7 Å². The van der Waals surface area contributed by atoms with Crippen LogP contribution in [0.5, 0.6) is 0 Å². The van der Waals surface area contributed by atoms with Gasteiger partial charge >= 0.3 is 0 Å². The third-order valence-corrected chi connectivity index (χ3v) is 6.91. The predicted octanol–water partition coefficient (Wildman–Crippen LogP) is 4.19. The maximum Gasteiger partial charge on any atom is 0.245 e. The van der Waals surface area contributed by atoms with Gasteiger partial charge in [0.15, 0.2) is 0 Å². The molecule has 4 rings (SSSR count). The van der Waals surface area contributed by atoms with Crippen molar-refractivity contribution in [3.05, 3.63) is 71.9 Å². The minimum atomic E-state index is -0.641. The fraction of sp³-hybridized carbons (Fsp3) is 0.448. The zero-order valence-corrected chi connectivity index (χ0v) is 21.1. The summed E-state index contributed by atoms with van der Waals surface area (Å²) in [6.45, 7) is 7.31. The number of hydrogen-bond donors (Lipinski definition) is 3. The van der Waals surface area contributed by atoms with E-state index >= 15 is 0 Å². The maximum atomic E-state index is 13.9. The Morgan fingerprint density at radius 1 is 1.14 bits per heavy atom. The van der Waals surface area contributed by atoms with Gasteiger partial charge in [0.05, 0.1) is 0 Å². The number of amides is 2. The Kier molecular flexibility index (Phi) is 7.31. The minimum Gasteiger partial charge on any atom is -0.361 e. The quantitative estimate of drug-likeness (QED) is 0.457. The summed E-state index contributed by atoms with van der Waals surface area (Å²) in [6.07, 6.45) is 5.51. The van der Waals surface area contributed by atoms with Crippen molar-refractivity contribution in [3.8, 4) is 0 Å². The van der Waals surface area contributed by atoms with Gasteiger partial charge in [0.2, 0.25) is 11.8 Å². The summed E-state index contributed by atoms with van der Waals surface area (Å²) in [7, 11) is 0. The average molecular weight is 475 g/mol. The molecule has 0 bridgehead atoms. The van der Waals surface area contributed by atoms with Crippen LogP contribution in [0.4, 0.5) is 0 Å². The molecule has 3 aromatic rings. The van der Waals surface area contributed by atoms with Gasteiger partial charge in [-0.1, -0.05) is 55.5 Å². The zero-order chi connectivity index (χ0) is 25.1. The normalized spacial score (nSPS) is 19.5.